The monoisotopic (exact) mass is 384 g/mol. The standard InChI is InChI=1S/C19H17ClN4OS/c1-23-9-7-12(11-23)18-17(14-4-2-3-8-21-14)22-19(26)24(18)15-10-13(20)5-6-16(15)25/h2-11,17-18,25H,1H3,(H,22,26)/t17-,18+/m1/s1. The quantitative estimate of drug-likeness (QED) is 0.669. The molecule has 26 heavy (non-hydrogen) atoms. The van der Waals surface area contributed by atoms with Gasteiger partial charge >= 0.3 is 0 Å². The summed E-state index contributed by atoms with van der Waals surface area (Å²) in [6.07, 6.45) is 5.80. The average molecular weight is 385 g/mol. The summed E-state index contributed by atoms with van der Waals surface area (Å²) in [6, 6.07) is 12.5. The van der Waals surface area contributed by atoms with Gasteiger partial charge in [0.1, 0.15) is 5.75 Å². The van der Waals surface area contributed by atoms with Gasteiger partial charge in [0.05, 0.1) is 23.5 Å². The summed E-state index contributed by atoms with van der Waals surface area (Å²) >= 11 is 11.8. The van der Waals surface area contributed by atoms with Gasteiger partial charge < -0.3 is 19.9 Å². The summed E-state index contributed by atoms with van der Waals surface area (Å²) in [4.78, 5) is 6.41. The van der Waals surface area contributed by atoms with Crippen LogP contribution in [-0.2, 0) is 7.05 Å². The van der Waals surface area contributed by atoms with E-state index in [4.69, 9.17) is 23.8 Å². The van der Waals surface area contributed by atoms with Crippen LogP contribution in [0.25, 0.3) is 0 Å². The molecule has 2 N–H and O–H groups in total. The van der Waals surface area contributed by atoms with Gasteiger partial charge in [-0.15, -0.1) is 0 Å². The topological polar surface area (TPSA) is 53.3 Å². The van der Waals surface area contributed by atoms with Crippen LogP contribution in [-0.4, -0.2) is 19.8 Å². The third kappa shape index (κ3) is 2.91. The number of aromatic nitrogens is 2. The molecule has 0 unspecified atom stereocenters. The van der Waals surface area contributed by atoms with Gasteiger partial charge in [-0.3, -0.25) is 4.98 Å². The molecule has 2 atom stereocenters. The molecule has 0 saturated carbocycles. The first-order valence-corrected chi connectivity index (χ1v) is 8.94. The minimum atomic E-state index is -0.164. The number of nitrogens with zero attached hydrogens (tertiary/aromatic N) is 3. The molecule has 5 nitrogen and oxygen atoms in total. The highest BCUT2D eigenvalue weighted by atomic mass is 35.5. The molecular weight excluding hydrogens is 368 g/mol. The lowest BCUT2D eigenvalue weighted by atomic mass is 9.98. The Labute approximate surface area is 161 Å². The van der Waals surface area contributed by atoms with Crippen LogP contribution in [0.1, 0.15) is 23.3 Å². The minimum Gasteiger partial charge on any atom is -0.506 e. The number of nitrogens with one attached hydrogen (secondary N) is 1. The van der Waals surface area contributed by atoms with Crippen LogP contribution in [0.2, 0.25) is 5.02 Å². The summed E-state index contributed by atoms with van der Waals surface area (Å²) < 4.78 is 1.99. The molecule has 3 aromatic rings. The molecule has 0 radical (unpaired) electrons. The second-order valence-corrected chi connectivity index (χ2v) is 7.06. The van der Waals surface area contributed by atoms with Gasteiger partial charge in [0.25, 0.3) is 0 Å². The van der Waals surface area contributed by atoms with Crippen molar-refractivity contribution in [3.63, 3.8) is 0 Å². The summed E-state index contributed by atoms with van der Waals surface area (Å²) in [7, 11) is 1.97. The fourth-order valence-electron chi connectivity index (χ4n) is 3.34. The van der Waals surface area contributed by atoms with Crippen molar-refractivity contribution in [1.29, 1.82) is 0 Å². The number of hydrogen-bond acceptors (Lipinski definition) is 3. The maximum atomic E-state index is 10.4. The van der Waals surface area contributed by atoms with Crippen LogP contribution in [0.3, 0.4) is 0 Å². The molecule has 1 aromatic carbocycles. The van der Waals surface area contributed by atoms with Gasteiger partial charge in [0.15, 0.2) is 5.11 Å². The maximum Gasteiger partial charge on any atom is 0.174 e. The number of phenolic OH excluding ortho intramolecular Hbond substituents is 1. The van der Waals surface area contributed by atoms with Crippen molar-refractivity contribution in [2.24, 2.45) is 7.05 Å². The number of benzene rings is 1. The molecule has 1 aliphatic rings. The van der Waals surface area contributed by atoms with Crippen LogP contribution >= 0.6 is 23.8 Å². The van der Waals surface area contributed by atoms with Crippen molar-refractivity contribution in [2.45, 2.75) is 12.1 Å². The normalized spacial score (nSPS) is 19.6. The Bertz CT molecular complexity index is 959. The van der Waals surface area contributed by atoms with E-state index >= 15 is 0 Å². The zero-order valence-electron chi connectivity index (χ0n) is 14.0. The third-order valence-electron chi connectivity index (χ3n) is 4.49. The zero-order chi connectivity index (χ0) is 18.3. The highest BCUT2D eigenvalue weighted by Crippen LogP contribution is 2.44. The first-order chi connectivity index (χ1) is 12.5. The number of aryl methyl sites for hydroxylation is 1. The predicted octanol–water partition coefficient (Wildman–Crippen LogP) is 3.96. The van der Waals surface area contributed by atoms with Gasteiger partial charge in [0.2, 0.25) is 0 Å². The van der Waals surface area contributed by atoms with Crippen molar-refractivity contribution in [2.75, 3.05) is 4.90 Å². The number of hydrogen-bond donors (Lipinski definition) is 2. The molecule has 0 bridgehead atoms. The Hall–Kier alpha value is -2.57. The van der Waals surface area contributed by atoms with Crippen LogP contribution in [0.4, 0.5) is 5.69 Å². The summed E-state index contributed by atoms with van der Waals surface area (Å²) in [5.74, 6) is 0.126. The Morgan fingerprint density at radius 3 is 2.77 bits per heavy atom. The molecule has 4 rings (SSSR count). The van der Waals surface area contributed by atoms with Crippen LogP contribution < -0.4 is 10.2 Å². The zero-order valence-corrected chi connectivity index (χ0v) is 15.6. The van der Waals surface area contributed by atoms with E-state index in [0.717, 1.165) is 11.3 Å². The molecule has 0 aliphatic carbocycles. The van der Waals surface area contributed by atoms with Crippen molar-refractivity contribution >= 4 is 34.6 Å². The molecular formula is C19H17ClN4OS. The Kier molecular flexibility index (Phi) is 4.30. The SMILES string of the molecule is Cn1ccc([C@H]2[C@@H](c3ccccn3)NC(=S)N2c2cc(Cl)ccc2O)c1. The van der Waals surface area contributed by atoms with Gasteiger partial charge in [0, 0.05) is 30.7 Å². The predicted molar refractivity (Wildman–Crippen MR) is 106 cm³/mol. The Morgan fingerprint density at radius 2 is 2.08 bits per heavy atom. The van der Waals surface area contributed by atoms with Gasteiger partial charge in [-0.1, -0.05) is 17.7 Å². The number of thiocarbonyl (C=S) groups is 1. The van der Waals surface area contributed by atoms with E-state index in [1.807, 2.05) is 53.2 Å². The van der Waals surface area contributed by atoms with Gasteiger partial charge in [-0.05, 0) is 54.2 Å². The van der Waals surface area contributed by atoms with E-state index in [9.17, 15) is 5.11 Å². The van der Waals surface area contributed by atoms with E-state index in [2.05, 4.69) is 10.3 Å². The molecule has 132 valence electrons. The van der Waals surface area contributed by atoms with E-state index in [1.165, 1.54) is 0 Å². The summed E-state index contributed by atoms with van der Waals surface area (Å²) in [5.41, 5.74) is 2.52. The fraction of sp³-hybridized carbons (Fsp3) is 0.158. The first kappa shape index (κ1) is 16.9. The van der Waals surface area contributed by atoms with Crippen molar-refractivity contribution in [1.82, 2.24) is 14.9 Å². The van der Waals surface area contributed by atoms with E-state index in [0.29, 0.717) is 15.8 Å². The Balaban J connectivity index is 1.86. The number of phenols is 1. The summed E-state index contributed by atoms with van der Waals surface area (Å²) in [6.45, 7) is 0. The van der Waals surface area contributed by atoms with Crippen molar-refractivity contribution < 1.29 is 5.11 Å². The highest BCUT2D eigenvalue weighted by Gasteiger charge is 2.41. The highest BCUT2D eigenvalue weighted by molar-refractivity contribution is 7.80. The van der Waals surface area contributed by atoms with E-state index in [1.54, 1.807) is 24.4 Å². The molecule has 0 spiro atoms. The number of anilines is 1. The number of halogens is 1. The largest absolute Gasteiger partial charge is 0.506 e. The van der Waals surface area contributed by atoms with E-state index in [-0.39, 0.29) is 17.8 Å². The van der Waals surface area contributed by atoms with Crippen LogP contribution in [0, 0.1) is 0 Å². The molecule has 7 heteroatoms. The lowest BCUT2D eigenvalue weighted by molar-refractivity contribution is 0.473. The maximum absolute atomic E-state index is 10.4. The average Bonchev–Trinajstić information content (AvgIpc) is 3.21. The fourth-order valence-corrected chi connectivity index (χ4v) is 3.85. The van der Waals surface area contributed by atoms with Gasteiger partial charge in [-0.2, -0.15) is 0 Å². The minimum absolute atomic E-state index is 0.126. The molecule has 0 amide bonds. The molecule has 1 fully saturated rings. The van der Waals surface area contributed by atoms with E-state index < -0.39 is 0 Å². The smallest absolute Gasteiger partial charge is 0.174 e. The second kappa shape index (κ2) is 6.63. The number of aromatic hydroxyl groups is 1. The number of pyridine rings is 1. The lowest BCUT2D eigenvalue weighted by Gasteiger charge is -2.27. The molecule has 1 saturated heterocycles. The van der Waals surface area contributed by atoms with Crippen molar-refractivity contribution in [3.05, 3.63) is 77.3 Å². The van der Waals surface area contributed by atoms with Crippen molar-refractivity contribution in [3.8, 4) is 5.75 Å². The second-order valence-electron chi connectivity index (χ2n) is 6.24. The van der Waals surface area contributed by atoms with Crippen LogP contribution in [0.15, 0.2) is 61.1 Å². The molecule has 1 aliphatic heterocycles. The lowest BCUT2D eigenvalue weighted by Crippen LogP contribution is -2.29. The van der Waals surface area contributed by atoms with Crippen LogP contribution in [0.5, 0.6) is 5.75 Å². The number of rotatable bonds is 3. The molecule has 2 aromatic heterocycles. The van der Waals surface area contributed by atoms with Gasteiger partial charge in [-0.25, -0.2) is 0 Å². The Morgan fingerprint density at radius 1 is 1.23 bits per heavy atom. The first-order valence-electron chi connectivity index (χ1n) is 8.15. The summed E-state index contributed by atoms with van der Waals surface area (Å²) in [5, 5.41) is 14.8. The molecule has 3 heterocycles. The third-order valence-corrected chi connectivity index (χ3v) is 5.04.